The largest absolute Gasteiger partial charge is 0.377 e. The number of hydrogen-bond acceptors (Lipinski definition) is 4. The summed E-state index contributed by atoms with van der Waals surface area (Å²) < 4.78 is 5.55. The predicted octanol–water partition coefficient (Wildman–Crippen LogP) is 1.94. The zero-order chi connectivity index (χ0) is 13.0. The number of hydrogen-bond donors (Lipinski definition) is 1. The van der Waals surface area contributed by atoms with E-state index in [1.807, 2.05) is 12.1 Å². The first-order valence-corrected chi connectivity index (χ1v) is 6.74. The molecule has 2 rings (SSSR count). The van der Waals surface area contributed by atoms with E-state index in [0.29, 0.717) is 17.1 Å². The van der Waals surface area contributed by atoms with Crippen LogP contribution < -0.4 is 10.2 Å². The van der Waals surface area contributed by atoms with Gasteiger partial charge in [0.2, 0.25) is 0 Å². The number of morpholine rings is 1. The summed E-state index contributed by atoms with van der Waals surface area (Å²) in [7, 11) is 0. The monoisotopic (exact) mass is 269 g/mol. The molecule has 0 bridgehead atoms. The molecule has 1 unspecified atom stereocenters. The molecule has 0 spiro atoms. The molecule has 0 saturated carbocycles. The molecule has 0 aliphatic carbocycles. The number of aromatic nitrogens is 1. The quantitative estimate of drug-likeness (QED) is 0.907. The first-order valence-electron chi connectivity index (χ1n) is 6.36. The summed E-state index contributed by atoms with van der Waals surface area (Å²) >= 11 is 5.87. The standard InChI is InChI=1S/C13H20ClN3O/c1-10(2)15-8-12-9-18-6-5-17(12)13-4-3-11(14)7-16-13/h3-4,7,10,12,15H,5-6,8-9H2,1-2H3. The number of nitrogens with zero attached hydrogens (tertiary/aromatic N) is 2. The van der Waals surface area contributed by atoms with Gasteiger partial charge in [-0.15, -0.1) is 0 Å². The highest BCUT2D eigenvalue weighted by Crippen LogP contribution is 2.18. The first-order chi connectivity index (χ1) is 8.66. The van der Waals surface area contributed by atoms with Gasteiger partial charge in [-0.25, -0.2) is 4.98 Å². The van der Waals surface area contributed by atoms with E-state index in [-0.39, 0.29) is 0 Å². The van der Waals surface area contributed by atoms with Crippen molar-refractivity contribution < 1.29 is 4.74 Å². The van der Waals surface area contributed by atoms with Gasteiger partial charge in [0.05, 0.1) is 24.3 Å². The highest BCUT2D eigenvalue weighted by atomic mass is 35.5. The third kappa shape index (κ3) is 3.57. The number of halogens is 1. The van der Waals surface area contributed by atoms with Crippen molar-refractivity contribution in [3.63, 3.8) is 0 Å². The molecule has 5 heteroatoms. The lowest BCUT2D eigenvalue weighted by atomic mass is 10.2. The van der Waals surface area contributed by atoms with E-state index in [2.05, 4.69) is 29.0 Å². The van der Waals surface area contributed by atoms with Gasteiger partial charge in [0.25, 0.3) is 0 Å². The maximum atomic E-state index is 5.87. The maximum absolute atomic E-state index is 5.87. The summed E-state index contributed by atoms with van der Waals surface area (Å²) in [5.74, 6) is 0.971. The number of nitrogens with one attached hydrogen (secondary N) is 1. The molecule has 1 fully saturated rings. The predicted molar refractivity (Wildman–Crippen MR) is 74.3 cm³/mol. The van der Waals surface area contributed by atoms with Gasteiger partial charge in [-0.2, -0.15) is 0 Å². The number of rotatable bonds is 4. The van der Waals surface area contributed by atoms with Crippen molar-refractivity contribution in [2.75, 3.05) is 31.2 Å². The smallest absolute Gasteiger partial charge is 0.129 e. The van der Waals surface area contributed by atoms with Crippen molar-refractivity contribution in [3.05, 3.63) is 23.4 Å². The van der Waals surface area contributed by atoms with Crippen LogP contribution in [0.1, 0.15) is 13.8 Å². The molecule has 1 atom stereocenters. The second-order valence-corrected chi connectivity index (χ2v) is 5.26. The van der Waals surface area contributed by atoms with Crippen LogP contribution in [0, 0.1) is 0 Å². The lowest BCUT2D eigenvalue weighted by Gasteiger charge is -2.37. The first kappa shape index (κ1) is 13.6. The topological polar surface area (TPSA) is 37.4 Å². The van der Waals surface area contributed by atoms with E-state index in [0.717, 1.165) is 32.1 Å². The molecule has 100 valence electrons. The van der Waals surface area contributed by atoms with Crippen LogP contribution >= 0.6 is 11.6 Å². The fourth-order valence-corrected chi connectivity index (χ4v) is 2.15. The highest BCUT2D eigenvalue weighted by molar-refractivity contribution is 6.30. The van der Waals surface area contributed by atoms with Gasteiger partial charge in [-0.1, -0.05) is 25.4 Å². The SMILES string of the molecule is CC(C)NCC1COCCN1c1ccc(Cl)cn1. The Bertz CT molecular complexity index is 369. The second-order valence-electron chi connectivity index (χ2n) is 4.82. The molecule has 1 aliphatic rings. The molecule has 0 amide bonds. The number of anilines is 1. The van der Waals surface area contributed by atoms with Crippen molar-refractivity contribution in [3.8, 4) is 0 Å². The molecule has 2 heterocycles. The summed E-state index contributed by atoms with van der Waals surface area (Å²) in [6, 6.07) is 4.66. The van der Waals surface area contributed by atoms with Gasteiger partial charge in [-0.3, -0.25) is 0 Å². The third-order valence-corrected chi connectivity index (χ3v) is 3.22. The average molecular weight is 270 g/mol. The van der Waals surface area contributed by atoms with Crippen LogP contribution in [0.3, 0.4) is 0 Å². The van der Waals surface area contributed by atoms with E-state index in [9.17, 15) is 0 Å². The van der Waals surface area contributed by atoms with Crippen LogP contribution in [0.5, 0.6) is 0 Å². The molecule has 4 nitrogen and oxygen atoms in total. The summed E-state index contributed by atoms with van der Waals surface area (Å²) in [4.78, 5) is 6.68. The maximum Gasteiger partial charge on any atom is 0.129 e. The van der Waals surface area contributed by atoms with Crippen molar-refractivity contribution in [2.24, 2.45) is 0 Å². The molecule has 1 N–H and O–H groups in total. The van der Waals surface area contributed by atoms with Gasteiger partial charge in [0.1, 0.15) is 5.82 Å². The Labute approximate surface area is 113 Å². The van der Waals surface area contributed by atoms with E-state index in [1.54, 1.807) is 6.20 Å². The number of pyridine rings is 1. The fraction of sp³-hybridized carbons (Fsp3) is 0.615. The summed E-state index contributed by atoms with van der Waals surface area (Å²) in [5.41, 5.74) is 0. The Morgan fingerprint density at radius 2 is 2.39 bits per heavy atom. The van der Waals surface area contributed by atoms with Crippen LogP contribution in [0.15, 0.2) is 18.3 Å². The molecular formula is C13H20ClN3O. The fourth-order valence-electron chi connectivity index (χ4n) is 2.04. The van der Waals surface area contributed by atoms with Gasteiger partial charge in [-0.05, 0) is 12.1 Å². The van der Waals surface area contributed by atoms with Gasteiger partial charge >= 0.3 is 0 Å². The van der Waals surface area contributed by atoms with Crippen molar-refractivity contribution in [1.82, 2.24) is 10.3 Å². The third-order valence-electron chi connectivity index (χ3n) is 3.00. The summed E-state index contributed by atoms with van der Waals surface area (Å²) in [6.07, 6.45) is 1.69. The summed E-state index contributed by atoms with van der Waals surface area (Å²) in [5, 5.41) is 4.12. The van der Waals surface area contributed by atoms with Crippen molar-refractivity contribution in [1.29, 1.82) is 0 Å². The van der Waals surface area contributed by atoms with E-state index >= 15 is 0 Å². The van der Waals surface area contributed by atoms with E-state index in [1.165, 1.54) is 0 Å². The van der Waals surface area contributed by atoms with Gasteiger partial charge in [0, 0.05) is 25.3 Å². The average Bonchev–Trinajstić information content (AvgIpc) is 2.38. The van der Waals surface area contributed by atoms with Crippen LogP contribution in [0.2, 0.25) is 5.02 Å². The Morgan fingerprint density at radius 3 is 3.06 bits per heavy atom. The Kier molecular flexibility index (Phi) is 4.80. The van der Waals surface area contributed by atoms with Crippen molar-refractivity contribution in [2.45, 2.75) is 25.9 Å². The molecule has 1 aromatic heterocycles. The number of ether oxygens (including phenoxy) is 1. The Balaban J connectivity index is 2.05. The van der Waals surface area contributed by atoms with E-state index in [4.69, 9.17) is 16.3 Å². The zero-order valence-corrected chi connectivity index (χ0v) is 11.7. The molecule has 0 aromatic carbocycles. The van der Waals surface area contributed by atoms with Gasteiger partial charge in [0.15, 0.2) is 0 Å². The highest BCUT2D eigenvalue weighted by Gasteiger charge is 2.23. The minimum absolute atomic E-state index is 0.329. The van der Waals surface area contributed by atoms with Crippen LogP contribution in [0.4, 0.5) is 5.82 Å². The van der Waals surface area contributed by atoms with Crippen molar-refractivity contribution >= 4 is 17.4 Å². The molecule has 1 aromatic rings. The second kappa shape index (κ2) is 6.36. The van der Waals surface area contributed by atoms with Crippen LogP contribution in [-0.4, -0.2) is 43.4 Å². The molecule has 1 saturated heterocycles. The zero-order valence-electron chi connectivity index (χ0n) is 10.9. The molecule has 18 heavy (non-hydrogen) atoms. The Hall–Kier alpha value is -0.840. The van der Waals surface area contributed by atoms with Gasteiger partial charge < -0.3 is 15.0 Å². The van der Waals surface area contributed by atoms with Crippen LogP contribution in [0.25, 0.3) is 0 Å². The normalized spacial score (nSPS) is 20.4. The van der Waals surface area contributed by atoms with E-state index < -0.39 is 0 Å². The van der Waals surface area contributed by atoms with Crippen LogP contribution in [-0.2, 0) is 4.74 Å². The summed E-state index contributed by atoms with van der Waals surface area (Å²) in [6.45, 7) is 7.57. The molecule has 1 aliphatic heterocycles. The Morgan fingerprint density at radius 1 is 1.56 bits per heavy atom. The minimum atomic E-state index is 0.329. The molecular weight excluding hydrogens is 250 g/mol. The minimum Gasteiger partial charge on any atom is -0.377 e. The lowest BCUT2D eigenvalue weighted by Crippen LogP contribution is -2.51. The lowest BCUT2D eigenvalue weighted by molar-refractivity contribution is 0.0928. The molecule has 0 radical (unpaired) electrons.